The summed E-state index contributed by atoms with van der Waals surface area (Å²) in [5.41, 5.74) is 0.992. The molecule has 0 N–H and O–H groups in total. The molecule has 4 rings (SSSR count). The van der Waals surface area contributed by atoms with Gasteiger partial charge in [0.2, 0.25) is 11.8 Å². The fourth-order valence-corrected chi connectivity index (χ4v) is 4.89. The first-order valence-corrected chi connectivity index (χ1v) is 10.4. The molecule has 0 aromatic heterocycles. The van der Waals surface area contributed by atoms with Crippen molar-refractivity contribution < 1.29 is 9.59 Å². The molecule has 4 nitrogen and oxygen atoms in total. The summed E-state index contributed by atoms with van der Waals surface area (Å²) in [4.78, 5) is 30.1. The molecule has 146 valence electrons. The number of likely N-dealkylation sites (tertiary alicyclic amines) is 2. The van der Waals surface area contributed by atoms with Gasteiger partial charge in [-0.2, -0.15) is 0 Å². The summed E-state index contributed by atoms with van der Waals surface area (Å²) in [7, 11) is 0. The molecule has 2 saturated heterocycles. The van der Waals surface area contributed by atoms with E-state index in [-0.39, 0.29) is 22.7 Å². The molecule has 1 spiro atoms. The molecule has 0 radical (unpaired) electrons. The molecular formula is C23H32N2O2. The van der Waals surface area contributed by atoms with Crippen molar-refractivity contribution in [2.75, 3.05) is 19.6 Å². The van der Waals surface area contributed by atoms with Crippen LogP contribution < -0.4 is 0 Å². The van der Waals surface area contributed by atoms with Gasteiger partial charge in [-0.25, -0.2) is 0 Å². The number of nitrogens with zero attached hydrogens (tertiary/aromatic N) is 2. The maximum absolute atomic E-state index is 13.2. The van der Waals surface area contributed by atoms with E-state index >= 15 is 0 Å². The molecule has 27 heavy (non-hydrogen) atoms. The van der Waals surface area contributed by atoms with Crippen molar-refractivity contribution in [2.45, 2.75) is 64.8 Å². The predicted octanol–water partition coefficient (Wildman–Crippen LogP) is 3.82. The van der Waals surface area contributed by atoms with Crippen molar-refractivity contribution in [3.05, 3.63) is 35.9 Å². The van der Waals surface area contributed by atoms with Crippen molar-refractivity contribution in [2.24, 2.45) is 10.8 Å². The van der Waals surface area contributed by atoms with Gasteiger partial charge in [0.05, 0.1) is 5.92 Å². The highest BCUT2D eigenvalue weighted by atomic mass is 16.2. The lowest BCUT2D eigenvalue weighted by atomic mass is 9.67. The Morgan fingerprint density at radius 2 is 1.70 bits per heavy atom. The minimum absolute atomic E-state index is 0.0228. The quantitative estimate of drug-likeness (QED) is 0.796. The zero-order chi connectivity index (χ0) is 19.2. The normalized spacial score (nSPS) is 25.7. The summed E-state index contributed by atoms with van der Waals surface area (Å²) in [6.07, 6.45) is 5.25. The zero-order valence-corrected chi connectivity index (χ0v) is 16.9. The van der Waals surface area contributed by atoms with Crippen LogP contribution in [0.15, 0.2) is 30.3 Å². The highest BCUT2D eigenvalue weighted by Gasteiger charge is 2.50. The third kappa shape index (κ3) is 3.63. The smallest absolute Gasteiger partial charge is 0.230 e. The molecule has 1 aliphatic carbocycles. The Balaban J connectivity index is 1.54. The van der Waals surface area contributed by atoms with Gasteiger partial charge in [-0.1, -0.05) is 51.1 Å². The number of piperidine rings is 2. The van der Waals surface area contributed by atoms with E-state index in [4.69, 9.17) is 0 Å². The number of hydrogen-bond donors (Lipinski definition) is 0. The molecule has 3 aliphatic rings. The Labute approximate surface area is 162 Å². The standard InChI is InChI=1S/C23H32N2O2/c1-22(2,3)21(27)24-13-11-23(12-14-24)15-19(17-7-5-4-6-8-17)20(26)25(16-23)18-9-10-18/h4-8,18-19H,9-16H2,1-3H3/t19-/m0/s1. The highest BCUT2D eigenvalue weighted by Crippen LogP contribution is 2.48. The minimum Gasteiger partial charge on any atom is -0.342 e. The molecule has 0 unspecified atom stereocenters. The third-order valence-electron chi connectivity index (χ3n) is 6.67. The number of benzene rings is 1. The van der Waals surface area contributed by atoms with Gasteiger partial charge >= 0.3 is 0 Å². The summed E-state index contributed by atoms with van der Waals surface area (Å²) in [6, 6.07) is 10.7. The van der Waals surface area contributed by atoms with Crippen LogP contribution in [0.2, 0.25) is 0 Å². The van der Waals surface area contributed by atoms with Crippen molar-refractivity contribution in [3.8, 4) is 0 Å². The van der Waals surface area contributed by atoms with E-state index in [1.54, 1.807) is 0 Å². The molecule has 0 bridgehead atoms. The van der Waals surface area contributed by atoms with E-state index in [1.807, 2.05) is 43.9 Å². The molecule has 1 aromatic carbocycles. The van der Waals surface area contributed by atoms with Gasteiger partial charge in [-0.15, -0.1) is 0 Å². The van der Waals surface area contributed by atoms with Gasteiger partial charge in [0.25, 0.3) is 0 Å². The van der Waals surface area contributed by atoms with Crippen LogP contribution in [0.5, 0.6) is 0 Å². The maximum atomic E-state index is 13.2. The van der Waals surface area contributed by atoms with E-state index in [2.05, 4.69) is 17.0 Å². The Bertz CT molecular complexity index is 710. The highest BCUT2D eigenvalue weighted by molar-refractivity contribution is 5.85. The molecule has 1 aromatic rings. The number of hydrogen-bond acceptors (Lipinski definition) is 2. The van der Waals surface area contributed by atoms with Gasteiger partial charge < -0.3 is 9.80 Å². The topological polar surface area (TPSA) is 40.6 Å². The summed E-state index contributed by atoms with van der Waals surface area (Å²) in [5, 5.41) is 0. The van der Waals surface area contributed by atoms with Crippen molar-refractivity contribution >= 4 is 11.8 Å². The molecule has 4 heteroatoms. The Morgan fingerprint density at radius 1 is 1.07 bits per heavy atom. The SMILES string of the molecule is CC(C)(C)C(=O)N1CCC2(CC1)C[C@@H](c1ccccc1)C(=O)N(C1CC1)C2. The number of carbonyl (C=O) groups excluding carboxylic acids is 2. The first-order chi connectivity index (χ1) is 12.8. The van der Waals surface area contributed by atoms with Gasteiger partial charge in [-0.05, 0) is 43.1 Å². The fraction of sp³-hybridized carbons (Fsp3) is 0.652. The van der Waals surface area contributed by atoms with Crippen LogP contribution in [0.1, 0.15) is 64.4 Å². The van der Waals surface area contributed by atoms with Crippen molar-refractivity contribution in [3.63, 3.8) is 0 Å². The van der Waals surface area contributed by atoms with Crippen LogP contribution in [0.25, 0.3) is 0 Å². The monoisotopic (exact) mass is 368 g/mol. The van der Waals surface area contributed by atoms with Crippen molar-refractivity contribution in [1.29, 1.82) is 0 Å². The van der Waals surface area contributed by atoms with E-state index in [0.29, 0.717) is 11.9 Å². The molecule has 3 fully saturated rings. The summed E-state index contributed by atoms with van der Waals surface area (Å²) in [6.45, 7) is 8.53. The average molecular weight is 369 g/mol. The minimum atomic E-state index is -0.320. The third-order valence-corrected chi connectivity index (χ3v) is 6.67. The largest absolute Gasteiger partial charge is 0.342 e. The van der Waals surface area contributed by atoms with Gasteiger partial charge in [0.15, 0.2) is 0 Å². The van der Waals surface area contributed by atoms with Gasteiger partial charge in [0.1, 0.15) is 0 Å². The number of rotatable bonds is 2. The Hall–Kier alpha value is -1.84. The summed E-state index contributed by atoms with van der Waals surface area (Å²) >= 11 is 0. The fourth-order valence-electron chi connectivity index (χ4n) is 4.89. The van der Waals surface area contributed by atoms with E-state index in [1.165, 1.54) is 0 Å². The second-order valence-corrected chi connectivity index (χ2v) is 9.91. The molecule has 2 heterocycles. The maximum Gasteiger partial charge on any atom is 0.230 e. The van der Waals surface area contributed by atoms with Crippen LogP contribution >= 0.6 is 0 Å². The lowest BCUT2D eigenvalue weighted by Crippen LogP contribution is -2.56. The van der Waals surface area contributed by atoms with Gasteiger partial charge in [0, 0.05) is 31.1 Å². The predicted molar refractivity (Wildman–Crippen MR) is 106 cm³/mol. The summed E-state index contributed by atoms with van der Waals surface area (Å²) in [5.74, 6) is 0.552. The van der Waals surface area contributed by atoms with Crippen LogP contribution in [-0.4, -0.2) is 47.3 Å². The van der Waals surface area contributed by atoms with Gasteiger partial charge in [-0.3, -0.25) is 9.59 Å². The second kappa shape index (κ2) is 6.65. The zero-order valence-electron chi connectivity index (χ0n) is 16.9. The van der Waals surface area contributed by atoms with E-state index < -0.39 is 0 Å². The lowest BCUT2D eigenvalue weighted by molar-refractivity contribution is -0.148. The van der Waals surface area contributed by atoms with Crippen LogP contribution in [0.3, 0.4) is 0 Å². The molecule has 1 atom stereocenters. The average Bonchev–Trinajstić information content (AvgIpc) is 3.49. The first-order valence-electron chi connectivity index (χ1n) is 10.4. The second-order valence-electron chi connectivity index (χ2n) is 9.91. The van der Waals surface area contributed by atoms with Crippen LogP contribution in [-0.2, 0) is 9.59 Å². The molecule has 2 aliphatic heterocycles. The van der Waals surface area contributed by atoms with E-state index in [9.17, 15) is 9.59 Å². The molecular weight excluding hydrogens is 336 g/mol. The first kappa shape index (κ1) is 18.5. The molecule has 2 amide bonds. The number of carbonyl (C=O) groups is 2. The Kier molecular flexibility index (Phi) is 4.56. The number of amides is 2. The molecule has 1 saturated carbocycles. The summed E-state index contributed by atoms with van der Waals surface area (Å²) < 4.78 is 0. The van der Waals surface area contributed by atoms with Crippen LogP contribution in [0, 0.1) is 10.8 Å². The van der Waals surface area contributed by atoms with Crippen LogP contribution in [0.4, 0.5) is 0 Å². The van der Waals surface area contributed by atoms with E-state index in [0.717, 1.165) is 57.3 Å². The lowest BCUT2D eigenvalue weighted by Gasteiger charge is -2.50. The van der Waals surface area contributed by atoms with Crippen molar-refractivity contribution in [1.82, 2.24) is 9.80 Å². The Morgan fingerprint density at radius 3 is 2.26 bits per heavy atom.